The Labute approximate surface area is 89.9 Å². The monoisotopic (exact) mass is 199 g/mol. The summed E-state index contributed by atoms with van der Waals surface area (Å²) in [5.41, 5.74) is 0. The van der Waals surface area contributed by atoms with E-state index in [1.165, 1.54) is 51.4 Å². The van der Waals surface area contributed by atoms with Gasteiger partial charge in [-0.1, -0.05) is 58.8 Å². The number of hydrogen-bond donors (Lipinski definition) is 1. The van der Waals surface area contributed by atoms with Crippen LogP contribution in [0.2, 0.25) is 0 Å². The lowest BCUT2D eigenvalue weighted by molar-refractivity contribution is 0.282. The van der Waals surface area contributed by atoms with Crippen molar-refractivity contribution in [1.82, 2.24) is 0 Å². The van der Waals surface area contributed by atoms with Crippen LogP contribution in [0.25, 0.3) is 0 Å². The highest BCUT2D eigenvalue weighted by atomic mass is 16.2. The molecule has 0 spiro atoms. The van der Waals surface area contributed by atoms with Crippen LogP contribution in [-0.4, -0.2) is 11.7 Å². The summed E-state index contributed by atoms with van der Waals surface area (Å²) in [6.45, 7) is 4.80. The van der Waals surface area contributed by atoms with Crippen LogP contribution in [0.3, 0.4) is 0 Å². The number of unbranched alkanes of at least 4 members (excludes halogenated alkanes) is 7. The lowest BCUT2D eigenvalue weighted by Gasteiger charge is -2.03. The van der Waals surface area contributed by atoms with Crippen molar-refractivity contribution >= 4 is 0 Å². The zero-order chi connectivity index (χ0) is 10.6. The van der Waals surface area contributed by atoms with Crippen molar-refractivity contribution in [2.45, 2.75) is 71.6 Å². The Morgan fingerprint density at radius 1 is 0.714 bits per heavy atom. The summed E-state index contributed by atoms with van der Waals surface area (Å²) in [4.78, 5) is 0. The molecular weight excluding hydrogens is 172 g/mol. The Balaban J connectivity index is 2.85. The van der Waals surface area contributed by atoms with E-state index in [0.717, 1.165) is 6.42 Å². The molecular formula is C13H27O. The molecule has 0 amide bonds. The second-order valence-electron chi connectivity index (χ2n) is 4.51. The summed E-state index contributed by atoms with van der Waals surface area (Å²) in [6, 6.07) is 0. The SMILES string of the molecule is C[C](C)CCCCCCCCCCO. The van der Waals surface area contributed by atoms with Crippen LogP contribution < -0.4 is 0 Å². The Hall–Kier alpha value is -0.0400. The van der Waals surface area contributed by atoms with E-state index in [4.69, 9.17) is 5.11 Å². The van der Waals surface area contributed by atoms with Gasteiger partial charge in [0.1, 0.15) is 0 Å². The van der Waals surface area contributed by atoms with Gasteiger partial charge in [0.05, 0.1) is 0 Å². The third-order valence-electron chi connectivity index (χ3n) is 2.58. The maximum atomic E-state index is 8.59. The van der Waals surface area contributed by atoms with Gasteiger partial charge in [-0.3, -0.25) is 0 Å². The van der Waals surface area contributed by atoms with Gasteiger partial charge in [0, 0.05) is 6.61 Å². The third-order valence-corrected chi connectivity index (χ3v) is 2.58. The number of hydrogen-bond acceptors (Lipinski definition) is 1. The first kappa shape index (κ1) is 14.0. The first-order chi connectivity index (χ1) is 6.77. The molecule has 0 aliphatic heterocycles. The summed E-state index contributed by atoms with van der Waals surface area (Å²) < 4.78 is 0. The van der Waals surface area contributed by atoms with Gasteiger partial charge in [-0.25, -0.2) is 0 Å². The van der Waals surface area contributed by atoms with Crippen molar-refractivity contribution in [3.8, 4) is 0 Å². The molecule has 1 heteroatoms. The summed E-state index contributed by atoms with van der Waals surface area (Å²) >= 11 is 0. The smallest absolute Gasteiger partial charge is 0.0431 e. The van der Waals surface area contributed by atoms with E-state index in [-0.39, 0.29) is 0 Å². The van der Waals surface area contributed by atoms with Crippen LogP contribution >= 0.6 is 0 Å². The Morgan fingerprint density at radius 3 is 1.57 bits per heavy atom. The minimum atomic E-state index is 0.367. The summed E-state index contributed by atoms with van der Waals surface area (Å²) in [7, 11) is 0. The molecule has 0 atom stereocenters. The molecule has 0 aliphatic carbocycles. The van der Waals surface area contributed by atoms with Crippen molar-refractivity contribution in [1.29, 1.82) is 0 Å². The predicted molar refractivity (Wildman–Crippen MR) is 63.2 cm³/mol. The molecule has 0 heterocycles. The molecule has 0 aromatic carbocycles. The molecule has 0 rings (SSSR count). The van der Waals surface area contributed by atoms with Crippen LogP contribution in [0.15, 0.2) is 0 Å². The molecule has 0 unspecified atom stereocenters. The molecule has 0 fully saturated rings. The highest BCUT2D eigenvalue weighted by Crippen LogP contribution is 2.13. The Bertz CT molecular complexity index is 99.4. The van der Waals surface area contributed by atoms with Gasteiger partial charge >= 0.3 is 0 Å². The van der Waals surface area contributed by atoms with Gasteiger partial charge in [0.25, 0.3) is 0 Å². The molecule has 1 radical (unpaired) electrons. The summed E-state index contributed by atoms with van der Waals surface area (Å²) in [6.07, 6.45) is 11.7. The molecule has 1 N–H and O–H groups in total. The quantitative estimate of drug-likeness (QED) is 0.525. The zero-order valence-electron chi connectivity index (χ0n) is 10.0. The lowest BCUT2D eigenvalue weighted by atomic mass is 10.0. The molecule has 0 saturated heterocycles. The number of aliphatic hydroxyl groups is 1. The third kappa shape index (κ3) is 12.0. The van der Waals surface area contributed by atoms with Crippen LogP contribution in [0.1, 0.15) is 71.6 Å². The second-order valence-corrected chi connectivity index (χ2v) is 4.51. The van der Waals surface area contributed by atoms with E-state index in [1.54, 1.807) is 5.92 Å². The fourth-order valence-corrected chi connectivity index (χ4v) is 1.65. The number of aliphatic hydroxyl groups excluding tert-OH is 1. The molecule has 0 bridgehead atoms. The predicted octanol–water partition coefficient (Wildman–Crippen LogP) is 4.10. The normalized spacial score (nSPS) is 11.1. The summed E-state index contributed by atoms with van der Waals surface area (Å²) in [5, 5.41) is 8.59. The molecule has 0 aromatic rings. The van der Waals surface area contributed by atoms with Crippen molar-refractivity contribution in [2.24, 2.45) is 0 Å². The van der Waals surface area contributed by atoms with Crippen molar-refractivity contribution < 1.29 is 5.11 Å². The molecule has 1 nitrogen and oxygen atoms in total. The minimum Gasteiger partial charge on any atom is -0.396 e. The largest absolute Gasteiger partial charge is 0.396 e. The van der Waals surface area contributed by atoms with Gasteiger partial charge in [-0.05, 0) is 18.8 Å². The fraction of sp³-hybridized carbons (Fsp3) is 0.923. The number of rotatable bonds is 10. The van der Waals surface area contributed by atoms with Gasteiger partial charge in [0.2, 0.25) is 0 Å². The van der Waals surface area contributed by atoms with Crippen LogP contribution in [-0.2, 0) is 0 Å². The zero-order valence-corrected chi connectivity index (χ0v) is 10.0. The lowest BCUT2D eigenvalue weighted by Crippen LogP contribution is -1.86. The Kier molecular flexibility index (Phi) is 11.0. The van der Waals surface area contributed by atoms with Crippen LogP contribution in [0, 0.1) is 5.92 Å². The van der Waals surface area contributed by atoms with Crippen molar-refractivity contribution in [3.05, 3.63) is 5.92 Å². The second kappa shape index (κ2) is 11.0. The molecule has 85 valence electrons. The van der Waals surface area contributed by atoms with Gasteiger partial charge in [-0.15, -0.1) is 0 Å². The summed E-state index contributed by atoms with van der Waals surface area (Å²) in [5.74, 6) is 1.56. The molecule has 0 aromatic heterocycles. The maximum absolute atomic E-state index is 8.59. The van der Waals surface area contributed by atoms with E-state index in [1.807, 2.05) is 0 Å². The fourth-order valence-electron chi connectivity index (χ4n) is 1.65. The van der Waals surface area contributed by atoms with E-state index in [2.05, 4.69) is 13.8 Å². The standard InChI is InChI=1S/C13H27O/c1-13(2)11-9-7-5-3-4-6-8-10-12-14/h14H,3-12H2,1-2H3. The first-order valence-electron chi connectivity index (χ1n) is 6.17. The minimum absolute atomic E-state index is 0.367. The van der Waals surface area contributed by atoms with Crippen LogP contribution in [0.4, 0.5) is 0 Å². The van der Waals surface area contributed by atoms with Crippen molar-refractivity contribution in [2.75, 3.05) is 6.61 Å². The maximum Gasteiger partial charge on any atom is 0.0431 e. The van der Waals surface area contributed by atoms with E-state index in [0.29, 0.717) is 6.61 Å². The highest BCUT2D eigenvalue weighted by molar-refractivity contribution is 4.75. The molecule has 14 heavy (non-hydrogen) atoms. The van der Waals surface area contributed by atoms with Gasteiger partial charge < -0.3 is 5.11 Å². The van der Waals surface area contributed by atoms with Crippen LogP contribution in [0.5, 0.6) is 0 Å². The van der Waals surface area contributed by atoms with E-state index < -0.39 is 0 Å². The first-order valence-corrected chi connectivity index (χ1v) is 6.17. The Morgan fingerprint density at radius 2 is 1.14 bits per heavy atom. The highest BCUT2D eigenvalue weighted by Gasteiger charge is 1.95. The molecule has 0 aliphatic rings. The van der Waals surface area contributed by atoms with Gasteiger partial charge in [-0.2, -0.15) is 0 Å². The van der Waals surface area contributed by atoms with Crippen molar-refractivity contribution in [3.63, 3.8) is 0 Å². The topological polar surface area (TPSA) is 20.2 Å². The average molecular weight is 199 g/mol. The molecule has 0 saturated carbocycles. The van der Waals surface area contributed by atoms with E-state index in [9.17, 15) is 0 Å². The van der Waals surface area contributed by atoms with E-state index >= 15 is 0 Å². The average Bonchev–Trinajstić information content (AvgIpc) is 2.15. The van der Waals surface area contributed by atoms with Gasteiger partial charge in [0.15, 0.2) is 0 Å².